The number of aliphatic imine (C=N–C) groups is 1. The van der Waals surface area contributed by atoms with Crippen LogP contribution in [0.2, 0.25) is 0 Å². The molecule has 0 spiro atoms. The molecule has 0 bridgehead atoms. The summed E-state index contributed by atoms with van der Waals surface area (Å²) in [5.74, 6) is 1.26. The number of aromatic nitrogens is 3. The number of rotatable bonds is 2. The van der Waals surface area contributed by atoms with E-state index in [1.54, 1.807) is 0 Å². The van der Waals surface area contributed by atoms with E-state index in [2.05, 4.69) is 52.5 Å². The van der Waals surface area contributed by atoms with Crippen LogP contribution in [0, 0.1) is 11.8 Å². The molecule has 4 N–H and O–H groups in total. The zero-order chi connectivity index (χ0) is 19.1. The minimum atomic E-state index is 0.165. The molecule has 3 atom stereocenters. The van der Waals surface area contributed by atoms with Gasteiger partial charge in [-0.2, -0.15) is 4.98 Å². The van der Waals surface area contributed by atoms with Crippen molar-refractivity contribution in [3.05, 3.63) is 65.9 Å². The molecule has 0 saturated carbocycles. The molecule has 3 unspecified atom stereocenters. The lowest BCUT2D eigenvalue weighted by Crippen LogP contribution is -2.27. The summed E-state index contributed by atoms with van der Waals surface area (Å²) in [5, 5.41) is 0. The van der Waals surface area contributed by atoms with Gasteiger partial charge in [0.05, 0.1) is 11.6 Å². The van der Waals surface area contributed by atoms with Crippen LogP contribution >= 0.6 is 0 Å². The zero-order valence-electron chi connectivity index (χ0n) is 15.5. The Bertz CT molecular complexity index is 1090. The van der Waals surface area contributed by atoms with Gasteiger partial charge in [0.2, 0.25) is 5.95 Å². The number of anilines is 2. The quantitative estimate of drug-likeness (QED) is 0.790. The molecule has 0 saturated heterocycles. The van der Waals surface area contributed by atoms with E-state index >= 15 is 0 Å². The predicted molar refractivity (Wildman–Crippen MR) is 113 cm³/mol. The lowest BCUT2D eigenvalue weighted by Gasteiger charge is -2.28. The van der Waals surface area contributed by atoms with Crippen LogP contribution in [-0.4, -0.2) is 26.7 Å². The number of nitrogen functional groups attached to an aromatic ring is 2. The normalized spacial score (nSPS) is 25.6. The molecule has 2 aromatic rings. The van der Waals surface area contributed by atoms with Crippen LogP contribution in [0.25, 0.3) is 11.0 Å². The Balaban J connectivity index is 1.45. The first-order valence-electron chi connectivity index (χ1n) is 9.64. The summed E-state index contributed by atoms with van der Waals surface area (Å²) in [6.07, 6.45) is 18.2. The zero-order valence-corrected chi connectivity index (χ0v) is 15.5. The van der Waals surface area contributed by atoms with Gasteiger partial charge in [-0.25, -0.2) is 9.97 Å². The third kappa shape index (κ3) is 3.01. The van der Waals surface area contributed by atoms with Gasteiger partial charge in [0.1, 0.15) is 5.52 Å². The molecule has 0 radical (unpaired) electrons. The highest BCUT2D eigenvalue weighted by Gasteiger charge is 2.30. The first-order chi connectivity index (χ1) is 13.7. The second-order valence-corrected chi connectivity index (χ2v) is 7.49. The molecule has 28 heavy (non-hydrogen) atoms. The number of hydrogen-bond donors (Lipinski definition) is 2. The molecule has 0 aromatic carbocycles. The van der Waals surface area contributed by atoms with Crippen LogP contribution in [-0.2, 0) is 6.42 Å². The van der Waals surface area contributed by atoms with Gasteiger partial charge in [0.25, 0.3) is 0 Å². The first kappa shape index (κ1) is 16.9. The molecule has 2 aliphatic carbocycles. The number of allylic oxidation sites excluding steroid dienone is 5. The van der Waals surface area contributed by atoms with Crippen molar-refractivity contribution in [2.45, 2.75) is 25.3 Å². The van der Waals surface area contributed by atoms with E-state index in [0.717, 1.165) is 25.0 Å². The molecular formula is C22H22N6. The number of fused-ring (bicyclic) bond motifs is 3. The first-order valence-corrected chi connectivity index (χ1v) is 9.64. The average Bonchev–Trinajstić information content (AvgIpc) is 2.88. The Morgan fingerprint density at radius 1 is 1.04 bits per heavy atom. The number of nitrogens with zero attached hydrogens (tertiary/aromatic N) is 4. The van der Waals surface area contributed by atoms with E-state index in [-0.39, 0.29) is 12.0 Å². The summed E-state index contributed by atoms with van der Waals surface area (Å²) < 4.78 is 0. The van der Waals surface area contributed by atoms with Gasteiger partial charge in [-0.05, 0) is 36.5 Å². The maximum absolute atomic E-state index is 6.01. The van der Waals surface area contributed by atoms with Crippen LogP contribution in [0.1, 0.15) is 18.5 Å². The monoisotopic (exact) mass is 370 g/mol. The Morgan fingerprint density at radius 3 is 2.89 bits per heavy atom. The van der Waals surface area contributed by atoms with Crippen LogP contribution in [0.15, 0.2) is 65.2 Å². The molecule has 140 valence electrons. The summed E-state index contributed by atoms with van der Waals surface area (Å²) in [5.41, 5.74) is 16.6. The maximum atomic E-state index is 6.01. The highest BCUT2D eigenvalue weighted by atomic mass is 15.0. The number of pyridine rings is 1. The summed E-state index contributed by atoms with van der Waals surface area (Å²) in [7, 11) is 0. The lowest BCUT2D eigenvalue weighted by molar-refractivity contribution is 0.486. The highest BCUT2D eigenvalue weighted by Crippen LogP contribution is 2.34. The molecule has 6 heteroatoms. The molecular weight excluding hydrogens is 348 g/mol. The van der Waals surface area contributed by atoms with Gasteiger partial charge >= 0.3 is 0 Å². The SMILES string of the molecule is Nc1nc(N)c2nc(CC3C=CCC4=NC5C=CC=CC5=CCC43)ccc2n1. The minimum absolute atomic E-state index is 0.165. The summed E-state index contributed by atoms with van der Waals surface area (Å²) in [6.45, 7) is 0. The lowest BCUT2D eigenvalue weighted by atomic mass is 9.78. The van der Waals surface area contributed by atoms with Gasteiger partial charge in [-0.3, -0.25) is 4.99 Å². The summed E-state index contributed by atoms with van der Waals surface area (Å²) >= 11 is 0. The fourth-order valence-corrected chi connectivity index (χ4v) is 4.31. The largest absolute Gasteiger partial charge is 0.382 e. The summed E-state index contributed by atoms with van der Waals surface area (Å²) in [6, 6.07) is 4.10. The second kappa shape index (κ2) is 6.71. The topological polar surface area (TPSA) is 103 Å². The number of nitrogens with two attached hydrogens (primary N) is 2. The van der Waals surface area contributed by atoms with Gasteiger partial charge in [-0.1, -0.05) is 42.5 Å². The number of hydrogen-bond acceptors (Lipinski definition) is 6. The van der Waals surface area contributed by atoms with E-state index in [4.69, 9.17) is 21.4 Å². The van der Waals surface area contributed by atoms with Crippen LogP contribution < -0.4 is 11.5 Å². The Labute approximate surface area is 163 Å². The summed E-state index contributed by atoms with van der Waals surface area (Å²) in [4.78, 5) is 18.0. The van der Waals surface area contributed by atoms with Crippen LogP contribution in [0.3, 0.4) is 0 Å². The predicted octanol–water partition coefficient (Wildman–Crippen LogP) is 3.19. The van der Waals surface area contributed by atoms with Crippen molar-refractivity contribution in [2.75, 3.05) is 11.5 Å². The molecule has 0 fully saturated rings. The minimum Gasteiger partial charge on any atom is -0.382 e. The van der Waals surface area contributed by atoms with E-state index in [1.165, 1.54) is 11.3 Å². The van der Waals surface area contributed by atoms with E-state index in [0.29, 0.717) is 28.7 Å². The van der Waals surface area contributed by atoms with E-state index in [9.17, 15) is 0 Å². The molecule has 0 amide bonds. The third-order valence-electron chi connectivity index (χ3n) is 5.69. The standard InChI is InChI=1S/C22H22N6/c23-21-20-19(27-22(24)28-21)11-9-15(25-20)12-14-5-3-7-18-16(14)10-8-13-4-1-2-6-17(13)26-18/h1-6,8-9,11,14,16-17H,7,10,12H2,(H4,23,24,27,28). The van der Waals surface area contributed by atoms with Crippen LogP contribution in [0.5, 0.6) is 0 Å². The third-order valence-corrected chi connectivity index (χ3v) is 5.69. The Morgan fingerprint density at radius 2 is 1.96 bits per heavy atom. The molecule has 5 rings (SSSR count). The smallest absolute Gasteiger partial charge is 0.222 e. The van der Waals surface area contributed by atoms with Crippen molar-refractivity contribution in [1.82, 2.24) is 15.0 Å². The fourth-order valence-electron chi connectivity index (χ4n) is 4.31. The Kier molecular flexibility index (Phi) is 4.04. The Hall–Kier alpha value is -3.28. The second-order valence-electron chi connectivity index (χ2n) is 7.49. The highest BCUT2D eigenvalue weighted by molar-refractivity contribution is 5.90. The van der Waals surface area contributed by atoms with E-state index in [1.807, 2.05) is 12.1 Å². The van der Waals surface area contributed by atoms with Gasteiger partial charge < -0.3 is 11.5 Å². The van der Waals surface area contributed by atoms with Crippen LogP contribution in [0.4, 0.5) is 11.8 Å². The van der Waals surface area contributed by atoms with Gasteiger partial charge in [-0.15, -0.1) is 0 Å². The maximum Gasteiger partial charge on any atom is 0.222 e. The van der Waals surface area contributed by atoms with Crippen molar-refractivity contribution in [1.29, 1.82) is 0 Å². The van der Waals surface area contributed by atoms with Crippen molar-refractivity contribution in [2.24, 2.45) is 16.8 Å². The molecule has 3 heterocycles. The molecule has 2 aromatic heterocycles. The molecule has 3 aliphatic rings. The van der Waals surface area contributed by atoms with E-state index < -0.39 is 0 Å². The average molecular weight is 370 g/mol. The van der Waals surface area contributed by atoms with Gasteiger partial charge in [0, 0.05) is 23.7 Å². The van der Waals surface area contributed by atoms with Crippen molar-refractivity contribution >= 4 is 28.5 Å². The molecule has 6 nitrogen and oxygen atoms in total. The van der Waals surface area contributed by atoms with Crippen molar-refractivity contribution in [3.63, 3.8) is 0 Å². The van der Waals surface area contributed by atoms with Gasteiger partial charge in [0.15, 0.2) is 5.82 Å². The van der Waals surface area contributed by atoms with Crippen molar-refractivity contribution in [3.8, 4) is 0 Å². The molecule has 1 aliphatic heterocycles. The fraction of sp³-hybridized carbons (Fsp3) is 0.273. The van der Waals surface area contributed by atoms with Crippen molar-refractivity contribution < 1.29 is 0 Å².